The zero-order valence-electron chi connectivity index (χ0n) is 24.1. The fourth-order valence-electron chi connectivity index (χ4n) is 4.68. The van der Waals surface area contributed by atoms with Crippen molar-refractivity contribution in [3.05, 3.63) is 34.9 Å². The molecule has 10 heteroatoms. The molecular formula is C29H45NO9. The average molecular weight is 552 g/mol. The van der Waals surface area contributed by atoms with Gasteiger partial charge in [-0.05, 0) is 71.6 Å². The van der Waals surface area contributed by atoms with Crippen molar-refractivity contribution in [2.75, 3.05) is 27.3 Å². The first-order valence-electron chi connectivity index (χ1n) is 13.3. The third-order valence-electron chi connectivity index (χ3n) is 7.21. The number of hydrogen-bond donors (Lipinski definition) is 3. The minimum Gasteiger partial charge on any atom is -0.480 e. The minimum absolute atomic E-state index is 0.158. The van der Waals surface area contributed by atoms with Crippen LogP contribution in [0.3, 0.4) is 0 Å². The minimum atomic E-state index is -2.45. The van der Waals surface area contributed by atoms with E-state index in [4.69, 9.17) is 5.11 Å². The number of carbonyl (C=O) groups is 4. The summed E-state index contributed by atoms with van der Waals surface area (Å²) in [5, 5.41) is 30.4. The molecule has 0 fully saturated rings. The van der Waals surface area contributed by atoms with Crippen molar-refractivity contribution in [1.29, 1.82) is 0 Å². The fourth-order valence-corrected chi connectivity index (χ4v) is 4.68. The number of carboxylic acid groups (broad SMARTS) is 1. The topological polar surface area (TPSA) is 151 Å². The molecule has 0 aliphatic carbocycles. The van der Waals surface area contributed by atoms with E-state index in [1.807, 2.05) is 6.92 Å². The van der Waals surface area contributed by atoms with Crippen molar-refractivity contribution in [2.24, 2.45) is 5.92 Å². The number of rotatable bonds is 17. The van der Waals surface area contributed by atoms with E-state index in [0.29, 0.717) is 25.0 Å². The van der Waals surface area contributed by atoms with E-state index < -0.39 is 29.1 Å². The van der Waals surface area contributed by atoms with Gasteiger partial charge in [0.15, 0.2) is 5.60 Å². The number of nitrogens with zero attached hydrogens (tertiary/aromatic N) is 1. The van der Waals surface area contributed by atoms with Gasteiger partial charge < -0.3 is 29.7 Å². The van der Waals surface area contributed by atoms with E-state index in [2.05, 4.69) is 35.5 Å². The predicted octanol–water partition coefficient (Wildman–Crippen LogP) is 3.32. The average Bonchev–Trinajstić information content (AvgIpc) is 3.20. The number of ether oxygens (including phenoxy) is 2. The molecule has 0 aromatic carbocycles. The van der Waals surface area contributed by atoms with Crippen LogP contribution < -0.4 is 0 Å². The number of carboxylic acids is 1. The Morgan fingerprint density at radius 1 is 1.05 bits per heavy atom. The molecule has 39 heavy (non-hydrogen) atoms. The van der Waals surface area contributed by atoms with Crippen molar-refractivity contribution < 1.29 is 44.0 Å². The molecule has 0 saturated heterocycles. The maximum Gasteiger partial charge on any atom is 0.341 e. The summed E-state index contributed by atoms with van der Waals surface area (Å²) in [6.45, 7) is 7.08. The molecule has 1 aliphatic rings. The molecule has 1 heterocycles. The van der Waals surface area contributed by atoms with Gasteiger partial charge in [-0.25, -0.2) is 9.59 Å². The van der Waals surface area contributed by atoms with Crippen LogP contribution in [0.1, 0.15) is 79.1 Å². The highest BCUT2D eigenvalue weighted by Crippen LogP contribution is 2.33. The number of allylic oxidation sites excluding steroid dienone is 4. The number of amides is 1. The lowest BCUT2D eigenvalue weighted by Crippen LogP contribution is -2.63. The van der Waals surface area contributed by atoms with Crippen LogP contribution >= 0.6 is 0 Å². The number of esters is 2. The molecule has 1 amide bonds. The van der Waals surface area contributed by atoms with Gasteiger partial charge >= 0.3 is 17.9 Å². The molecular weight excluding hydrogens is 506 g/mol. The van der Waals surface area contributed by atoms with Crippen LogP contribution in [0.5, 0.6) is 0 Å². The van der Waals surface area contributed by atoms with E-state index >= 15 is 0 Å². The first-order valence-corrected chi connectivity index (χ1v) is 13.3. The molecule has 0 spiro atoms. The Labute approximate surface area is 231 Å². The zero-order chi connectivity index (χ0) is 29.8. The van der Waals surface area contributed by atoms with Crippen molar-refractivity contribution in [2.45, 2.75) is 90.3 Å². The quantitative estimate of drug-likeness (QED) is 0.183. The van der Waals surface area contributed by atoms with Gasteiger partial charge in [0.2, 0.25) is 11.5 Å². The molecule has 10 nitrogen and oxygen atoms in total. The Bertz CT molecular complexity index is 979. The highest BCUT2D eigenvalue weighted by molar-refractivity contribution is 5.97. The van der Waals surface area contributed by atoms with E-state index in [9.17, 15) is 29.4 Å². The van der Waals surface area contributed by atoms with Crippen LogP contribution in [0.2, 0.25) is 0 Å². The maximum absolute atomic E-state index is 12.3. The molecule has 0 saturated carbocycles. The largest absolute Gasteiger partial charge is 0.480 e. The number of aliphatic hydroxyl groups is 2. The van der Waals surface area contributed by atoms with Gasteiger partial charge in [0.1, 0.15) is 6.54 Å². The Balaban J connectivity index is 2.47. The van der Waals surface area contributed by atoms with Crippen LogP contribution in [-0.2, 0) is 28.7 Å². The molecule has 0 aromatic rings. The first kappa shape index (κ1) is 34.0. The number of hydrogen-bond acceptors (Lipinski definition) is 8. The Morgan fingerprint density at radius 2 is 1.64 bits per heavy atom. The lowest BCUT2D eigenvalue weighted by atomic mass is 9.76. The summed E-state index contributed by atoms with van der Waals surface area (Å²) in [4.78, 5) is 48.6. The number of carbonyl (C=O) groups excluding carboxylic acids is 3. The van der Waals surface area contributed by atoms with Gasteiger partial charge in [0.25, 0.3) is 0 Å². The lowest BCUT2D eigenvalue weighted by molar-refractivity contribution is -0.210. The highest BCUT2D eigenvalue weighted by Gasteiger charge is 2.58. The highest BCUT2D eigenvalue weighted by atomic mass is 16.6. The molecule has 220 valence electrons. The second kappa shape index (κ2) is 15.6. The maximum atomic E-state index is 12.3. The normalized spacial score (nSPS) is 18.2. The van der Waals surface area contributed by atoms with Gasteiger partial charge in [-0.2, -0.15) is 0 Å². The summed E-state index contributed by atoms with van der Waals surface area (Å²) in [7, 11) is 2.15. The van der Waals surface area contributed by atoms with Gasteiger partial charge in [-0.3, -0.25) is 9.59 Å². The van der Waals surface area contributed by atoms with E-state index in [0.717, 1.165) is 53.2 Å². The van der Waals surface area contributed by atoms with E-state index in [-0.39, 0.29) is 24.8 Å². The van der Waals surface area contributed by atoms with Crippen LogP contribution in [0.25, 0.3) is 0 Å². The fraction of sp³-hybridized carbons (Fsp3) is 0.655. The third kappa shape index (κ3) is 9.93. The number of methoxy groups -OCH3 is 2. The summed E-state index contributed by atoms with van der Waals surface area (Å²) < 4.78 is 9.23. The second-order valence-electron chi connectivity index (χ2n) is 10.6. The van der Waals surface area contributed by atoms with Gasteiger partial charge in [0, 0.05) is 12.1 Å². The Kier molecular flexibility index (Phi) is 13.6. The summed E-state index contributed by atoms with van der Waals surface area (Å²) in [6, 6.07) is 0. The molecule has 1 aliphatic heterocycles. The summed E-state index contributed by atoms with van der Waals surface area (Å²) in [6.07, 6.45) is 11.3. The summed E-state index contributed by atoms with van der Waals surface area (Å²) in [5.74, 6) is -3.59. The molecule has 1 rings (SSSR count). The van der Waals surface area contributed by atoms with E-state index in [1.165, 1.54) is 16.0 Å². The van der Waals surface area contributed by atoms with E-state index in [1.54, 1.807) is 6.08 Å². The SMILES string of the molecule is COC(=O)C(C)(O)[C@](O)(C[C@H](C)CCC/C(C)=C/CC/C(C)=C/CCC1=CCN(CC(=O)O)C1=O)C(=O)OC. The Hall–Kier alpha value is -2.98. The summed E-state index contributed by atoms with van der Waals surface area (Å²) >= 11 is 0. The van der Waals surface area contributed by atoms with Crippen LogP contribution in [0.15, 0.2) is 34.9 Å². The molecule has 0 radical (unpaired) electrons. The number of aliphatic carboxylic acids is 1. The lowest BCUT2D eigenvalue weighted by Gasteiger charge is -2.37. The molecule has 0 aromatic heterocycles. The molecule has 3 N–H and O–H groups in total. The monoisotopic (exact) mass is 551 g/mol. The molecule has 3 atom stereocenters. The summed E-state index contributed by atoms with van der Waals surface area (Å²) in [5.41, 5.74) is -1.76. The van der Waals surface area contributed by atoms with Crippen LogP contribution in [-0.4, -0.2) is 82.5 Å². The van der Waals surface area contributed by atoms with Crippen molar-refractivity contribution >= 4 is 23.8 Å². The van der Waals surface area contributed by atoms with Crippen LogP contribution in [0.4, 0.5) is 0 Å². The third-order valence-corrected chi connectivity index (χ3v) is 7.21. The molecule has 1 unspecified atom stereocenters. The smallest absolute Gasteiger partial charge is 0.341 e. The second-order valence-corrected chi connectivity index (χ2v) is 10.6. The first-order chi connectivity index (χ1) is 18.2. The van der Waals surface area contributed by atoms with Crippen molar-refractivity contribution in [1.82, 2.24) is 4.90 Å². The standard InChI is InChI=1S/C29H45NO9/c1-20(10-7-11-21(2)13-9-15-23-16-17-30(25(23)33)19-24(31)32)12-8-14-22(3)18-29(37,27(35)39-6)28(4,36)26(34)38-5/h10,13,16,22,36-37H,7-9,11-12,14-15,17-19H2,1-6H3,(H,31,32)/b20-10+,21-13+/t22-,28?,29+/m1/s1. The molecule has 0 bridgehead atoms. The van der Waals surface area contributed by atoms with Crippen LogP contribution in [0, 0.1) is 5.92 Å². The predicted molar refractivity (Wildman–Crippen MR) is 146 cm³/mol. The van der Waals surface area contributed by atoms with Gasteiger partial charge in [0.05, 0.1) is 14.2 Å². The van der Waals surface area contributed by atoms with Crippen molar-refractivity contribution in [3.8, 4) is 0 Å². The van der Waals surface area contributed by atoms with Crippen molar-refractivity contribution in [3.63, 3.8) is 0 Å². The van der Waals surface area contributed by atoms with Gasteiger partial charge in [-0.15, -0.1) is 0 Å². The zero-order valence-corrected chi connectivity index (χ0v) is 24.1. The van der Waals surface area contributed by atoms with Gasteiger partial charge in [-0.1, -0.05) is 42.7 Å². The Morgan fingerprint density at radius 3 is 2.23 bits per heavy atom.